The molecule has 3 amide bonds. The highest BCUT2D eigenvalue weighted by Gasteiger charge is 2.24. The van der Waals surface area contributed by atoms with E-state index in [2.05, 4.69) is 16.2 Å². The fraction of sp³-hybridized carbons (Fsp3) is 0.214. The van der Waals surface area contributed by atoms with Crippen LogP contribution in [0.3, 0.4) is 0 Å². The highest BCUT2D eigenvalue weighted by atomic mass is 19.1. The van der Waals surface area contributed by atoms with Gasteiger partial charge < -0.3 is 25.4 Å². The number of hydrogen-bond acceptors (Lipinski definition) is 7. The zero-order chi connectivity index (χ0) is 29.2. The fourth-order valence-electron chi connectivity index (χ4n) is 3.48. The second kappa shape index (κ2) is 13.6. The van der Waals surface area contributed by atoms with Crippen LogP contribution in [0, 0.1) is 11.2 Å². The van der Waals surface area contributed by atoms with E-state index in [0.717, 1.165) is 6.07 Å². The third-order valence-corrected chi connectivity index (χ3v) is 5.64. The number of hydrazine groups is 1. The Morgan fingerprint density at radius 2 is 1.68 bits per heavy atom. The number of anilines is 1. The molecule has 3 rings (SSSR count). The van der Waals surface area contributed by atoms with Crippen molar-refractivity contribution in [1.82, 2.24) is 15.8 Å². The number of nitrogens with one attached hydrogen (secondary N) is 4. The lowest BCUT2D eigenvalue weighted by Gasteiger charge is -2.22. The Balaban J connectivity index is 1.89. The predicted molar refractivity (Wildman–Crippen MR) is 148 cm³/mol. The van der Waals surface area contributed by atoms with Gasteiger partial charge >= 0.3 is 0 Å². The Labute approximate surface area is 230 Å². The Kier molecular flexibility index (Phi) is 10.0. The normalized spacial score (nSPS) is 11.1. The van der Waals surface area contributed by atoms with Crippen LogP contribution in [-0.4, -0.2) is 55.8 Å². The van der Waals surface area contributed by atoms with Gasteiger partial charge in [-0.05, 0) is 61.0 Å². The van der Waals surface area contributed by atoms with Gasteiger partial charge in [-0.1, -0.05) is 18.2 Å². The van der Waals surface area contributed by atoms with E-state index in [9.17, 15) is 18.8 Å². The van der Waals surface area contributed by atoms with Gasteiger partial charge in [0, 0.05) is 25.3 Å². The average Bonchev–Trinajstić information content (AvgIpc) is 2.94. The summed E-state index contributed by atoms with van der Waals surface area (Å²) in [6, 6.07) is 15.6. The molecule has 0 aromatic heterocycles. The molecule has 0 bridgehead atoms. The molecule has 3 aromatic carbocycles. The maximum Gasteiger partial charge on any atom is 0.272 e. The van der Waals surface area contributed by atoms with Gasteiger partial charge in [0.1, 0.15) is 17.7 Å². The van der Waals surface area contributed by atoms with Gasteiger partial charge in [-0.25, -0.2) is 4.39 Å². The first-order valence-electron chi connectivity index (χ1n) is 12.3. The topological polar surface area (TPSA) is 159 Å². The molecule has 1 unspecified atom stereocenters. The number of carbonyl (C=O) groups is 3. The molecular formula is C28H31FN6O5. The van der Waals surface area contributed by atoms with E-state index in [1.807, 2.05) is 0 Å². The molecule has 6 N–H and O–H groups in total. The number of amidine groups is 1. The smallest absolute Gasteiger partial charge is 0.272 e. The van der Waals surface area contributed by atoms with Crippen molar-refractivity contribution in [3.63, 3.8) is 0 Å². The van der Waals surface area contributed by atoms with E-state index in [-0.39, 0.29) is 30.5 Å². The highest BCUT2D eigenvalue weighted by molar-refractivity contribution is 5.97. The molecule has 40 heavy (non-hydrogen) atoms. The second-order valence-electron chi connectivity index (χ2n) is 8.71. The van der Waals surface area contributed by atoms with Crippen molar-refractivity contribution >= 4 is 29.2 Å². The van der Waals surface area contributed by atoms with E-state index in [4.69, 9.17) is 20.6 Å². The number of carbonyl (C=O) groups excluding carboxylic acids is 3. The molecule has 0 saturated carbocycles. The lowest BCUT2D eigenvalue weighted by atomic mass is 10.0. The zero-order valence-electron chi connectivity index (χ0n) is 22.3. The third-order valence-electron chi connectivity index (χ3n) is 5.64. The number of nitrogen functional groups attached to an aromatic ring is 1. The average molecular weight is 551 g/mol. The number of halogens is 1. The van der Waals surface area contributed by atoms with Crippen LogP contribution in [0.5, 0.6) is 11.5 Å². The number of likely N-dealkylation sites (N-methyl/N-ethyl adjacent to an activating group) is 1. The summed E-state index contributed by atoms with van der Waals surface area (Å²) in [5.41, 5.74) is 11.3. The van der Waals surface area contributed by atoms with Crippen molar-refractivity contribution in [3.05, 3.63) is 89.2 Å². The minimum atomic E-state index is -1.07. The van der Waals surface area contributed by atoms with E-state index < -0.39 is 23.7 Å². The van der Waals surface area contributed by atoms with Gasteiger partial charge in [0.15, 0.2) is 18.1 Å². The molecule has 0 fully saturated rings. The van der Waals surface area contributed by atoms with Gasteiger partial charge in [0.25, 0.3) is 17.7 Å². The van der Waals surface area contributed by atoms with Crippen molar-refractivity contribution in [2.75, 3.05) is 32.6 Å². The van der Waals surface area contributed by atoms with Gasteiger partial charge in [0.2, 0.25) is 0 Å². The zero-order valence-corrected chi connectivity index (χ0v) is 22.3. The van der Waals surface area contributed by atoms with E-state index >= 15 is 0 Å². The number of amides is 3. The largest absolute Gasteiger partial charge is 0.490 e. The minimum Gasteiger partial charge on any atom is -0.490 e. The molecule has 1 atom stereocenters. The van der Waals surface area contributed by atoms with Gasteiger partial charge in [0.05, 0.1) is 12.2 Å². The first-order valence-corrected chi connectivity index (χ1v) is 12.3. The quantitative estimate of drug-likeness (QED) is 0.139. The fourth-order valence-corrected chi connectivity index (χ4v) is 3.48. The van der Waals surface area contributed by atoms with Crippen molar-refractivity contribution in [2.45, 2.75) is 13.0 Å². The molecule has 0 aliphatic carbocycles. The number of nitrogens with two attached hydrogens (primary N) is 1. The summed E-state index contributed by atoms with van der Waals surface area (Å²) in [6.45, 7) is 1.86. The van der Waals surface area contributed by atoms with Crippen molar-refractivity contribution < 1.29 is 28.2 Å². The van der Waals surface area contributed by atoms with Crippen LogP contribution in [-0.2, 0) is 9.59 Å². The number of hydrogen-bond donors (Lipinski definition) is 5. The summed E-state index contributed by atoms with van der Waals surface area (Å²) in [5, 5.41) is 10.7. The molecule has 0 aliphatic heterocycles. The Morgan fingerprint density at radius 3 is 2.30 bits per heavy atom. The van der Waals surface area contributed by atoms with E-state index in [1.54, 1.807) is 63.5 Å². The van der Waals surface area contributed by atoms with Crippen LogP contribution in [0.4, 0.5) is 10.1 Å². The predicted octanol–water partition coefficient (Wildman–Crippen LogP) is 2.59. The van der Waals surface area contributed by atoms with Gasteiger partial charge in [-0.15, -0.1) is 0 Å². The Morgan fingerprint density at radius 1 is 0.975 bits per heavy atom. The first kappa shape index (κ1) is 29.4. The maximum absolute atomic E-state index is 14.0. The highest BCUT2D eigenvalue weighted by Crippen LogP contribution is 2.32. The number of benzene rings is 3. The summed E-state index contributed by atoms with van der Waals surface area (Å²) in [5.74, 6) is -1.99. The Hall–Kier alpha value is -5.13. The van der Waals surface area contributed by atoms with Crippen LogP contribution in [0.25, 0.3) is 0 Å². The molecule has 0 aliphatic rings. The SMILES string of the molecule is CCOc1cc(C(Nc2ccc(C(=N)N)cc2)C(=O)NNC(=O)c2ccccc2F)ccc1OCC(=O)N(C)C. The summed E-state index contributed by atoms with van der Waals surface area (Å²) in [4.78, 5) is 39.2. The lowest BCUT2D eigenvalue weighted by Crippen LogP contribution is -2.45. The third kappa shape index (κ3) is 7.69. The molecule has 0 spiro atoms. The van der Waals surface area contributed by atoms with Crippen molar-refractivity contribution in [3.8, 4) is 11.5 Å². The second-order valence-corrected chi connectivity index (χ2v) is 8.71. The Bertz CT molecular complexity index is 1380. The van der Waals surface area contributed by atoms with E-state index in [0.29, 0.717) is 28.3 Å². The number of ether oxygens (including phenoxy) is 2. The summed E-state index contributed by atoms with van der Waals surface area (Å²) in [7, 11) is 3.22. The van der Waals surface area contributed by atoms with Crippen LogP contribution in [0.2, 0.25) is 0 Å². The van der Waals surface area contributed by atoms with Crippen LogP contribution in [0.15, 0.2) is 66.7 Å². The van der Waals surface area contributed by atoms with Crippen LogP contribution < -0.4 is 31.4 Å². The minimum absolute atomic E-state index is 0.110. The standard InChI is InChI=1S/C28H31FN6O5/c1-4-39-23-15-18(11-14-22(23)40-16-24(36)35(2)3)25(32-19-12-9-17(10-13-19)26(30)31)28(38)34-33-27(37)20-7-5-6-8-21(20)29/h5-15,25,32H,4,16H2,1-3H3,(H3,30,31)(H,33,37)(H,34,38). The number of rotatable bonds is 11. The molecule has 3 aromatic rings. The monoisotopic (exact) mass is 550 g/mol. The summed E-state index contributed by atoms with van der Waals surface area (Å²) in [6.07, 6.45) is 0. The van der Waals surface area contributed by atoms with Gasteiger partial charge in [-0.2, -0.15) is 0 Å². The van der Waals surface area contributed by atoms with Crippen LogP contribution in [0.1, 0.15) is 34.5 Å². The molecule has 12 heteroatoms. The molecular weight excluding hydrogens is 519 g/mol. The molecule has 210 valence electrons. The molecule has 0 heterocycles. The van der Waals surface area contributed by atoms with Crippen molar-refractivity contribution in [1.29, 1.82) is 5.41 Å². The maximum atomic E-state index is 14.0. The summed E-state index contributed by atoms with van der Waals surface area (Å²) >= 11 is 0. The molecule has 0 radical (unpaired) electrons. The number of nitrogens with zero attached hydrogens (tertiary/aromatic N) is 1. The van der Waals surface area contributed by atoms with Crippen molar-refractivity contribution in [2.24, 2.45) is 5.73 Å². The molecule has 0 saturated heterocycles. The summed E-state index contributed by atoms with van der Waals surface area (Å²) < 4.78 is 25.4. The molecule has 11 nitrogen and oxygen atoms in total. The lowest BCUT2D eigenvalue weighted by molar-refractivity contribution is -0.130. The first-order chi connectivity index (χ1) is 19.1. The van der Waals surface area contributed by atoms with Gasteiger partial charge in [-0.3, -0.25) is 30.6 Å². The van der Waals surface area contributed by atoms with E-state index in [1.165, 1.54) is 23.1 Å². The van der Waals surface area contributed by atoms with Crippen LogP contribution >= 0.6 is 0 Å².